The second kappa shape index (κ2) is 7.71. The smallest absolute Gasteiger partial charge is 0.150 e. The summed E-state index contributed by atoms with van der Waals surface area (Å²) in [6, 6.07) is 20.5. The van der Waals surface area contributed by atoms with Crippen LogP contribution < -0.4 is 5.43 Å². The zero-order valence-electron chi connectivity index (χ0n) is 14.8. The summed E-state index contributed by atoms with van der Waals surface area (Å²) in [7, 11) is 0. The summed E-state index contributed by atoms with van der Waals surface area (Å²) < 4.78 is 0. The monoisotopic (exact) mass is 330 g/mol. The lowest BCUT2D eigenvalue weighted by atomic mass is 10.1. The van der Waals surface area contributed by atoms with Crippen molar-refractivity contribution in [2.45, 2.75) is 27.2 Å². The van der Waals surface area contributed by atoms with E-state index < -0.39 is 0 Å². The number of hydrogen-bond acceptors (Lipinski definition) is 4. The van der Waals surface area contributed by atoms with E-state index in [9.17, 15) is 0 Å². The van der Waals surface area contributed by atoms with E-state index in [1.807, 2.05) is 50.2 Å². The molecule has 0 saturated heterocycles. The van der Waals surface area contributed by atoms with Gasteiger partial charge in [-0.3, -0.25) is 5.43 Å². The van der Waals surface area contributed by atoms with E-state index in [0.717, 1.165) is 29.0 Å². The normalized spacial score (nSPS) is 11.4. The van der Waals surface area contributed by atoms with E-state index in [0.29, 0.717) is 11.6 Å². The molecule has 4 nitrogen and oxygen atoms in total. The summed E-state index contributed by atoms with van der Waals surface area (Å²) in [5.74, 6) is 1.40. The third-order valence-corrected chi connectivity index (χ3v) is 4.03. The minimum Gasteiger partial charge on any atom is -0.261 e. The van der Waals surface area contributed by atoms with Gasteiger partial charge in [0.1, 0.15) is 11.6 Å². The molecule has 0 atom stereocenters. The topological polar surface area (TPSA) is 50.2 Å². The summed E-state index contributed by atoms with van der Waals surface area (Å²) in [6.07, 6.45) is 1.04. The van der Waals surface area contributed by atoms with Crippen LogP contribution in [0.4, 0.5) is 5.82 Å². The highest BCUT2D eigenvalue weighted by atomic mass is 15.3. The number of hydrazone groups is 1. The number of nitrogens with zero attached hydrogens (tertiary/aromatic N) is 3. The molecule has 2 aromatic carbocycles. The minimum atomic E-state index is 0.691. The van der Waals surface area contributed by atoms with Gasteiger partial charge in [0.15, 0.2) is 0 Å². The third kappa shape index (κ3) is 4.29. The molecule has 4 heteroatoms. The number of benzene rings is 2. The molecular weight excluding hydrogens is 308 g/mol. The summed E-state index contributed by atoms with van der Waals surface area (Å²) >= 11 is 0. The highest BCUT2D eigenvalue weighted by Crippen LogP contribution is 2.19. The van der Waals surface area contributed by atoms with Crippen molar-refractivity contribution in [2.24, 2.45) is 5.10 Å². The maximum Gasteiger partial charge on any atom is 0.150 e. The second-order valence-corrected chi connectivity index (χ2v) is 5.91. The van der Waals surface area contributed by atoms with Gasteiger partial charge < -0.3 is 0 Å². The molecule has 0 fully saturated rings. The van der Waals surface area contributed by atoms with E-state index in [1.54, 1.807) is 0 Å². The SMILES string of the molecule is CCc1ccc(C(C)=NNc2cc(-c3ccccc3)nc(C)n2)cc1. The Morgan fingerprint density at radius 2 is 1.72 bits per heavy atom. The van der Waals surface area contributed by atoms with E-state index >= 15 is 0 Å². The predicted octanol–water partition coefficient (Wildman–Crippen LogP) is 4.85. The van der Waals surface area contributed by atoms with Gasteiger partial charge in [0.05, 0.1) is 11.4 Å². The van der Waals surface area contributed by atoms with Gasteiger partial charge in [-0.05, 0) is 31.4 Å². The molecule has 0 spiro atoms. The first-order valence-corrected chi connectivity index (χ1v) is 8.46. The minimum absolute atomic E-state index is 0.691. The molecule has 25 heavy (non-hydrogen) atoms. The van der Waals surface area contributed by atoms with Crippen LogP contribution in [-0.4, -0.2) is 15.7 Å². The second-order valence-electron chi connectivity index (χ2n) is 5.91. The highest BCUT2D eigenvalue weighted by Gasteiger charge is 2.04. The van der Waals surface area contributed by atoms with Gasteiger partial charge in [0.2, 0.25) is 0 Å². The van der Waals surface area contributed by atoms with Gasteiger partial charge in [-0.1, -0.05) is 61.5 Å². The molecule has 0 aliphatic carbocycles. The van der Waals surface area contributed by atoms with Crippen molar-refractivity contribution in [3.8, 4) is 11.3 Å². The fourth-order valence-electron chi connectivity index (χ4n) is 2.57. The quantitative estimate of drug-likeness (QED) is 0.537. The third-order valence-electron chi connectivity index (χ3n) is 4.03. The Morgan fingerprint density at radius 3 is 2.40 bits per heavy atom. The maximum atomic E-state index is 4.51. The molecule has 0 bridgehead atoms. The van der Waals surface area contributed by atoms with Crippen molar-refractivity contribution < 1.29 is 0 Å². The van der Waals surface area contributed by atoms with Gasteiger partial charge in [-0.15, -0.1) is 0 Å². The lowest BCUT2D eigenvalue weighted by Gasteiger charge is -2.07. The van der Waals surface area contributed by atoms with E-state index in [1.165, 1.54) is 5.56 Å². The van der Waals surface area contributed by atoms with Crippen LogP contribution in [-0.2, 0) is 6.42 Å². The van der Waals surface area contributed by atoms with Gasteiger partial charge in [-0.2, -0.15) is 5.10 Å². The van der Waals surface area contributed by atoms with Gasteiger partial charge in [0, 0.05) is 11.6 Å². The van der Waals surface area contributed by atoms with Crippen LogP contribution in [0.1, 0.15) is 30.8 Å². The van der Waals surface area contributed by atoms with E-state index in [4.69, 9.17) is 0 Å². The molecule has 0 saturated carbocycles. The van der Waals surface area contributed by atoms with Gasteiger partial charge >= 0.3 is 0 Å². The van der Waals surface area contributed by atoms with E-state index in [2.05, 4.69) is 51.7 Å². The number of anilines is 1. The summed E-state index contributed by atoms with van der Waals surface area (Å²) in [6.45, 7) is 6.02. The van der Waals surface area contributed by atoms with Crippen molar-refractivity contribution in [3.05, 3.63) is 77.6 Å². The highest BCUT2D eigenvalue weighted by molar-refractivity contribution is 5.99. The standard InChI is InChI=1S/C21H22N4/c1-4-17-10-12-18(13-11-17)15(2)24-25-21-14-20(22-16(3)23-21)19-8-6-5-7-9-19/h5-14H,4H2,1-3H3,(H,22,23,25). The zero-order chi connectivity index (χ0) is 17.6. The molecule has 1 N–H and O–H groups in total. The lowest BCUT2D eigenvalue weighted by molar-refractivity contribution is 1.05. The molecule has 1 heterocycles. The van der Waals surface area contributed by atoms with Crippen molar-refractivity contribution in [1.29, 1.82) is 0 Å². The largest absolute Gasteiger partial charge is 0.261 e. The van der Waals surface area contributed by atoms with Crippen LogP contribution in [0.15, 0.2) is 65.8 Å². The van der Waals surface area contributed by atoms with Crippen LogP contribution in [0.3, 0.4) is 0 Å². The Labute approximate surface area is 148 Å². The first-order valence-electron chi connectivity index (χ1n) is 8.46. The van der Waals surface area contributed by atoms with Crippen LogP contribution in [0.25, 0.3) is 11.3 Å². The van der Waals surface area contributed by atoms with Gasteiger partial charge in [0.25, 0.3) is 0 Å². The van der Waals surface area contributed by atoms with Crippen LogP contribution in [0.2, 0.25) is 0 Å². The van der Waals surface area contributed by atoms with Crippen LogP contribution in [0, 0.1) is 6.92 Å². The first-order chi connectivity index (χ1) is 12.2. The first kappa shape index (κ1) is 16.8. The summed E-state index contributed by atoms with van der Waals surface area (Å²) in [5, 5.41) is 4.47. The maximum absolute atomic E-state index is 4.51. The molecule has 126 valence electrons. The Morgan fingerprint density at radius 1 is 1.00 bits per heavy atom. The molecule has 0 aliphatic rings. The molecule has 0 radical (unpaired) electrons. The Kier molecular flexibility index (Phi) is 5.19. The Bertz CT molecular complexity index is 868. The van der Waals surface area contributed by atoms with Gasteiger partial charge in [-0.25, -0.2) is 9.97 Å². The van der Waals surface area contributed by atoms with Crippen LogP contribution in [0.5, 0.6) is 0 Å². The average molecular weight is 330 g/mol. The van der Waals surface area contributed by atoms with Crippen molar-refractivity contribution in [2.75, 3.05) is 5.43 Å². The van der Waals surface area contributed by atoms with Crippen molar-refractivity contribution >= 4 is 11.5 Å². The molecule has 0 aliphatic heterocycles. The number of aromatic nitrogens is 2. The Balaban J connectivity index is 1.81. The summed E-state index contributed by atoms with van der Waals surface area (Å²) in [5.41, 5.74) is 8.34. The molecule has 3 aromatic rings. The van der Waals surface area contributed by atoms with Crippen molar-refractivity contribution in [3.63, 3.8) is 0 Å². The van der Waals surface area contributed by atoms with E-state index in [-0.39, 0.29) is 0 Å². The summed E-state index contributed by atoms with van der Waals surface area (Å²) in [4.78, 5) is 8.93. The van der Waals surface area contributed by atoms with Crippen molar-refractivity contribution in [1.82, 2.24) is 9.97 Å². The number of nitrogens with one attached hydrogen (secondary N) is 1. The number of aryl methyl sites for hydroxylation is 2. The molecule has 0 unspecified atom stereocenters. The Hall–Kier alpha value is -3.01. The predicted molar refractivity (Wildman–Crippen MR) is 104 cm³/mol. The molecule has 3 rings (SSSR count). The molecule has 0 amide bonds. The molecule has 1 aromatic heterocycles. The fourth-order valence-corrected chi connectivity index (χ4v) is 2.57. The fraction of sp³-hybridized carbons (Fsp3) is 0.190. The molecular formula is C21H22N4. The number of hydrogen-bond donors (Lipinski definition) is 1. The lowest BCUT2D eigenvalue weighted by Crippen LogP contribution is -2.03. The zero-order valence-corrected chi connectivity index (χ0v) is 14.8. The van der Waals surface area contributed by atoms with Crippen LogP contribution >= 0.6 is 0 Å². The number of rotatable bonds is 5. The average Bonchev–Trinajstić information content (AvgIpc) is 2.66.